The third-order valence-electron chi connectivity index (χ3n) is 3.45. The van der Waals surface area contributed by atoms with Crippen LogP contribution in [0.25, 0.3) is 0 Å². The number of anilines is 2. The Morgan fingerprint density at radius 3 is 2.52 bits per heavy atom. The smallest absolute Gasteiger partial charge is 0.320 e. The van der Waals surface area contributed by atoms with Gasteiger partial charge in [0.25, 0.3) is 10.0 Å². The van der Waals surface area contributed by atoms with Crippen molar-refractivity contribution in [3.05, 3.63) is 29.8 Å². The summed E-state index contributed by atoms with van der Waals surface area (Å²) in [7, 11) is -1.45. The van der Waals surface area contributed by atoms with Crippen molar-refractivity contribution in [1.29, 1.82) is 0 Å². The number of rotatable bonds is 8. The number of nitrogens with one attached hydrogen (secondary N) is 2. The number of carbonyl (C=O) groups excluding carboxylic acids is 1. The van der Waals surface area contributed by atoms with Gasteiger partial charge in [-0.25, -0.2) is 0 Å². The van der Waals surface area contributed by atoms with E-state index >= 15 is 0 Å². The molecular weight excluding hydrogens is 376 g/mol. The first-order valence-corrected chi connectivity index (χ1v) is 9.34. The van der Waals surface area contributed by atoms with Crippen molar-refractivity contribution in [1.82, 2.24) is 9.97 Å². The molecule has 0 aliphatic rings. The van der Waals surface area contributed by atoms with Gasteiger partial charge in [0, 0.05) is 23.7 Å². The average Bonchev–Trinajstić information content (AvgIpc) is 2.67. The van der Waals surface area contributed by atoms with Crippen molar-refractivity contribution < 1.29 is 27.8 Å². The summed E-state index contributed by atoms with van der Waals surface area (Å²) in [6.07, 6.45) is 0.237. The van der Waals surface area contributed by atoms with E-state index in [9.17, 15) is 18.3 Å². The lowest BCUT2D eigenvalue weighted by atomic mass is 10.1. The second-order valence-electron chi connectivity index (χ2n) is 5.27. The lowest BCUT2D eigenvalue weighted by molar-refractivity contribution is -0.115. The third-order valence-corrected chi connectivity index (χ3v) is 4.72. The van der Waals surface area contributed by atoms with Gasteiger partial charge >= 0.3 is 6.01 Å². The largest absolute Gasteiger partial charge is 0.481 e. The van der Waals surface area contributed by atoms with E-state index in [4.69, 9.17) is 9.47 Å². The summed E-state index contributed by atoms with van der Waals surface area (Å²) >= 11 is 0. The summed E-state index contributed by atoms with van der Waals surface area (Å²) in [6.45, 7) is 1.36. The lowest BCUT2D eigenvalue weighted by Gasteiger charge is -2.13. The molecule has 0 fully saturated rings. The van der Waals surface area contributed by atoms with Crippen molar-refractivity contribution >= 4 is 27.3 Å². The number of aromatic nitrogens is 2. The Bertz CT molecular complexity index is 910. The van der Waals surface area contributed by atoms with E-state index in [-0.39, 0.29) is 41.5 Å². The molecule has 0 saturated carbocycles. The molecule has 1 aromatic heterocycles. The zero-order chi connectivity index (χ0) is 20.0. The highest BCUT2D eigenvalue weighted by molar-refractivity contribution is 7.92. The second kappa shape index (κ2) is 8.64. The first-order chi connectivity index (χ1) is 12.8. The van der Waals surface area contributed by atoms with Crippen LogP contribution in [0.15, 0.2) is 29.3 Å². The highest BCUT2D eigenvalue weighted by Gasteiger charge is 2.20. The van der Waals surface area contributed by atoms with Gasteiger partial charge in [-0.3, -0.25) is 9.52 Å². The Balaban J connectivity index is 2.37. The van der Waals surface area contributed by atoms with Gasteiger partial charge in [0.05, 0.1) is 26.5 Å². The molecule has 1 heterocycles. The molecule has 11 heteroatoms. The van der Waals surface area contributed by atoms with E-state index in [0.29, 0.717) is 11.3 Å². The van der Waals surface area contributed by atoms with Crippen LogP contribution in [-0.2, 0) is 21.4 Å². The fourth-order valence-corrected chi connectivity index (χ4v) is 3.05. The van der Waals surface area contributed by atoms with Crippen LogP contribution < -0.4 is 19.5 Å². The zero-order valence-electron chi connectivity index (χ0n) is 15.0. The summed E-state index contributed by atoms with van der Waals surface area (Å²) in [5.74, 6) is -0.247. The molecule has 2 rings (SSSR count). The maximum absolute atomic E-state index is 12.6. The topological polar surface area (TPSA) is 140 Å². The first-order valence-electron chi connectivity index (χ1n) is 7.86. The minimum atomic E-state index is -4.09. The molecule has 1 aromatic carbocycles. The molecule has 0 spiro atoms. The van der Waals surface area contributed by atoms with E-state index in [0.717, 1.165) is 6.07 Å². The highest BCUT2D eigenvalue weighted by Crippen LogP contribution is 2.25. The molecule has 27 heavy (non-hydrogen) atoms. The Labute approximate surface area is 156 Å². The Morgan fingerprint density at radius 2 is 1.93 bits per heavy atom. The molecule has 0 bridgehead atoms. The predicted octanol–water partition coefficient (Wildman–Crippen LogP) is 1.14. The van der Waals surface area contributed by atoms with Gasteiger partial charge in [-0.05, 0) is 12.1 Å². The van der Waals surface area contributed by atoms with Gasteiger partial charge in [-0.1, -0.05) is 13.0 Å². The number of sulfonamides is 1. The minimum absolute atomic E-state index is 0.0220. The molecule has 0 unspecified atom stereocenters. The fraction of sp³-hybridized carbons (Fsp3) is 0.312. The number of methoxy groups -OCH3 is 2. The van der Waals surface area contributed by atoms with Gasteiger partial charge in [-0.2, -0.15) is 18.4 Å². The van der Waals surface area contributed by atoms with Crippen LogP contribution in [0.5, 0.6) is 11.9 Å². The molecule has 0 radical (unpaired) electrons. The van der Waals surface area contributed by atoms with Gasteiger partial charge < -0.3 is 19.9 Å². The number of carbonyl (C=O) groups is 1. The fourth-order valence-electron chi connectivity index (χ4n) is 2.06. The summed E-state index contributed by atoms with van der Waals surface area (Å²) < 4.78 is 37.5. The third kappa shape index (κ3) is 5.05. The predicted molar refractivity (Wildman–Crippen MR) is 97.2 cm³/mol. The van der Waals surface area contributed by atoms with Crippen LogP contribution in [0.3, 0.4) is 0 Å². The van der Waals surface area contributed by atoms with E-state index < -0.39 is 10.0 Å². The van der Waals surface area contributed by atoms with Crippen LogP contribution in [0.4, 0.5) is 11.4 Å². The number of nitrogens with zero attached hydrogens (tertiary/aromatic N) is 2. The maximum Gasteiger partial charge on any atom is 0.320 e. The highest BCUT2D eigenvalue weighted by atomic mass is 32.2. The van der Waals surface area contributed by atoms with Crippen LogP contribution in [0, 0.1) is 0 Å². The van der Waals surface area contributed by atoms with Crippen molar-refractivity contribution in [3.8, 4) is 11.9 Å². The molecule has 146 valence electrons. The van der Waals surface area contributed by atoms with Crippen molar-refractivity contribution in [2.75, 3.05) is 24.3 Å². The first kappa shape index (κ1) is 20.4. The average molecular weight is 396 g/mol. The van der Waals surface area contributed by atoms with Crippen molar-refractivity contribution in [2.45, 2.75) is 25.0 Å². The van der Waals surface area contributed by atoms with Crippen molar-refractivity contribution in [3.63, 3.8) is 0 Å². The van der Waals surface area contributed by atoms with Crippen LogP contribution in [0.2, 0.25) is 0 Å². The number of benzene rings is 1. The quantitative estimate of drug-likeness (QED) is 0.564. The standard InChI is InChI=1S/C16H20N4O6S/c1-4-13(22)17-12-7-11(6-5-10(12)9-21)20-27(23,24)15-8-14(25-2)18-16(19-15)26-3/h5-8,20-21H,4,9H2,1-3H3,(H,17,22). The molecule has 0 aliphatic heterocycles. The van der Waals surface area contributed by atoms with E-state index in [2.05, 4.69) is 20.0 Å². The van der Waals surface area contributed by atoms with Gasteiger partial charge in [0.15, 0.2) is 5.03 Å². The number of hydrogen-bond acceptors (Lipinski definition) is 8. The minimum Gasteiger partial charge on any atom is -0.481 e. The molecule has 0 atom stereocenters. The van der Waals surface area contributed by atoms with Gasteiger partial charge in [0.2, 0.25) is 11.8 Å². The number of hydrogen-bond donors (Lipinski definition) is 3. The Morgan fingerprint density at radius 1 is 1.19 bits per heavy atom. The summed E-state index contributed by atoms with van der Waals surface area (Å²) in [5, 5.41) is 11.6. The molecule has 2 aromatic rings. The molecule has 3 N–H and O–H groups in total. The Hall–Kier alpha value is -2.92. The van der Waals surface area contributed by atoms with E-state index in [1.807, 2.05) is 0 Å². The molecular formula is C16H20N4O6S. The molecule has 1 amide bonds. The summed E-state index contributed by atoms with van der Waals surface area (Å²) in [6, 6.07) is 5.35. The molecule has 0 aliphatic carbocycles. The van der Waals surface area contributed by atoms with Crippen molar-refractivity contribution in [2.24, 2.45) is 0 Å². The lowest BCUT2D eigenvalue weighted by Crippen LogP contribution is -2.16. The zero-order valence-corrected chi connectivity index (χ0v) is 15.8. The summed E-state index contributed by atoms with van der Waals surface area (Å²) in [5.41, 5.74) is 0.933. The monoisotopic (exact) mass is 396 g/mol. The second-order valence-corrected chi connectivity index (χ2v) is 6.90. The molecule has 10 nitrogen and oxygen atoms in total. The SMILES string of the molecule is CCC(=O)Nc1cc(NS(=O)(=O)c2cc(OC)nc(OC)n2)ccc1CO. The Kier molecular flexibility index (Phi) is 6.53. The van der Waals surface area contributed by atoms with Crippen LogP contribution >= 0.6 is 0 Å². The summed E-state index contributed by atoms with van der Waals surface area (Å²) in [4.78, 5) is 19.3. The van der Waals surface area contributed by atoms with Crippen LogP contribution in [0.1, 0.15) is 18.9 Å². The van der Waals surface area contributed by atoms with Gasteiger partial charge in [0.1, 0.15) is 0 Å². The van der Waals surface area contributed by atoms with E-state index in [1.165, 1.54) is 32.4 Å². The van der Waals surface area contributed by atoms with Crippen LogP contribution in [-0.4, -0.2) is 43.6 Å². The number of aliphatic hydroxyl groups excluding tert-OH is 1. The number of aliphatic hydroxyl groups is 1. The number of amides is 1. The van der Waals surface area contributed by atoms with E-state index in [1.54, 1.807) is 6.92 Å². The maximum atomic E-state index is 12.6. The number of ether oxygens (including phenoxy) is 2. The molecule has 0 saturated heterocycles. The normalized spacial score (nSPS) is 11.0. The van der Waals surface area contributed by atoms with Gasteiger partial charge in [-0.15, -0.1) is 0 Å².